The fourth-order valence-electron chi connectivity index (χ4n) is 6.63. The molecule has 0 saturated heterocycles. The molecule has 0 aliphatic rings. The minimum atomic E-state index is 0.603. The number of hydrogen-bond acceptors (Lipinski definition) is 6. The Hall–Kier alpha value is -7.44. The number of aryl methyl sites for hydroxylation is 1. The largest absolute Gasteiger partial charge is 0.208 e. The molecule has 260 valence electrons. The van der Waals surface area contributed by atoms with Gasteiger partial charge in [-0.1, -0.05) is 176 Å². The highest BCUT2D eigenvalue weighted by molar-refractivity contribution is 5.78. The minimum Gasteiger partial charge on any atom is -0.208 e. The van der Waals surface area contributed by atoms with Gasteiger partial charge >= 0.3 is 0 Å². The van der Waals surface area contributed by atoms with E-state index in [1.807, 2.05) is 97.1 Å². The average molecular weight is 707 g/mol. The van der Waals surface area contributed by atoms with Crippen LogP contribution in [0.15, 0.2) is 188 Å². The molecule has 9 rings (SSSR count). The van der Waals surface area contributed by atoms with Crippen LogP contribution in [-0.4, -0.2) is 29.9 Å². The summed E-state index contributed by atoms with van der Waals surface area (Å²) in [5.74, 6) is 3.70. The topological polar surface area (TPSA) is 77.3 Å². The highest BCUT2D eigenvalue weighted by Gasteiger charge is 2.16. The van der Waals surface area contributed by atoms with Crippen LogP contribution in [0.25, 0.3) is 90.6 Å². The second-order valence-electron chi connectivity index (χ2n) is 13.3. The van der Waals surface area contributed by atoms with Gasteiger partial charge in [0, 0.05) is 33.4 Å². The van der Waals surface area contributed by atoms with Crippen molar-refractivity contribution in [2.24, 2.45) is 0 Å². The van der Waals surface area contributed by atoms with E-state index < -0.39 is 0 Å². The molecular formula is C49H34N6. The van der Waals surface area contributed by atoms with E-state index in [1.54, 1.807) is 0 Å². The van der Waals surface area contributed by atoms with Crippen LogP contribution in [0, 0.1) is 6.92 Å². The second-order valence-corrected chi connectivity index (χ2v) is 13.3. The average Bonchev–Trinajstić information content (AvgIpc) is 3.27. The van der Waals surface area contributed by atoms with E-state index in [0.717, 1.165) is 61.2 Å². The lowest BCUT2D eigenvalue weighted by molar-refractivity contribution is 1.07. The van der Waals surface area contributed by atoms with Crippen molar-refractivity contribution in [3.8, 4) is 90.6 Å². The van der Waals surface area contributed by atoms with Gasteiger partial charge in [-0.2, -0.15) is 0 Å². The van der Waals surface area contributed by atoms with Gasteiger partial charge in [0.05, 0.1) is 0 Å². The van der Waals surface area contributed by atoms with Crippen molar-refractivity contribution in [2.75, 3.05) is 0 Å². The van der Waals surface area contributed by atoms with Gasteiger partial charge in [0.1, 0.15) is 0 Å². The summed E-state index contributed by atoms with van der Waals surface area (Å²) in [5, 5.41) is 0. The maximum absolute atomic E-state index is 5.06. The molecule has 0 N–H and O–H groups in total. The van der Waals surface area contributed by atoms with Crippen LogP contribution < -0.4 is 0 Å². The predicted octanol–water partition coefficient (Wildman–Crippen LogP) is 11.7. The normalized spacial score (nSPS) is 11.0. The summed E-state index contributed by atoms with van der Waals surface area (Å²) in [6.45, 7) is 2.12. The number of benzene rings is 7. The van der Waals surface area contributed by atoms with Crippen molar-refractivity contribution in [3.05, 3.63) is 194 Å². The lowest BCUT2D eigenvalue weighted by atomic mass is 9.96. The molecule has 2 aromatic heterocycles. The SMILES string of the molecule is Cc1ccc(-c2nc(-c3ccccc3)nc(-c3ccc(-c4ccccc4)cc3)n2)cc1-c1cccc(-c2nc(-c3ccccc3)nc(-c3ccccc3)n2)c1. The Labute approximate surface area is 320 Å². The molecule has 0 amide bonds. The third-order valence-electron chi connectivity index (χ3n) is 9.54. The van der Waals surface area contributed by atoms with Crippen molar-refractivity contribution >= 4 is 0 Å². The van der Waals surface area contributed by atoms with Gasteiger partial charge < -0.3 is 0 Å². The number of rotatable bonds is 8. The third kappa shape index (κ3) is 7.17. The molecule has 6 heteroatoms. The summed E-state index contributed by atoms with van der Waals surface area (Å²) in [5.41, 5.74) is 11.0. The summed E-state index contributed by atoms with van der Waals surface area (Å²) in [4.78, 5) is 29.9. The molecule has 0 fully saturated rings. The van der Waals surface area contributed by atoms with E-state index in [4.69, 9.17) is 29.9 Å². The van der Waals surface area contributed by atoms with Crippen LogP contribution in [0.5, 0.6) is 0 Å². The first kappa shape index (κ1) is 33.4. The van der Waals surface area contributed by atoms with E-state index in [2.05, 4.69) is 97.9 Å². The second kappa shape index (κ2) is 14.9. The summed E-state index contributed by atoms with van der Waals surface area (Å²) in [7, 11) is 0. The molecule has 0 aliphatic heterocycles. The molecule has 0 saturated carbocycles. The predicted molar refractivity (Wildman–Crippen MR) is 221 cm³/mol. The Morgan fingerprint density at radius 1 is 0.236 bits per heavy atom. The lowest BCUT2D eigenvalue weighted by Crippen LogP contribution is -2.01. The molecule has 2 heterocycles. The third-order valence-corrected chi connectivity index (χ3v) is 9.54. The van der Waals surface area contributed by atoms with Crippen LogP contribution in [0.2, 0.25) is 0 Å². The van der Waals surface area contributed by atoms with Gasteiger partial charge in [0.15, 0.2) is 34.9 Å². The van der Waals surface area contributed by atoms with Gasteiger partial charge in [0.2, 0.25) is 0 Å². The maximum atomic E-state index is 5.06. The first-order valence-corrected chi connectivity index (χ1v) is 18.2. The molecule has 0 bridgehead atoms. The molecule has 55 heavy (non-hydrogen) atoms. The van der Waals surface area contributed by atoms with Gasteiger partial charge in [-0.3, -0.25) is 0 Å². The Morgan fingerprint density at radius 2 is 0.527 bits per heavy atom. The van der Waals surface area contributed by atoms with Gasteiger partial charge in [-0.05, 0) is 46.9 Å². The zero-order valence-electron chi connectivity index (χ0n) is 30.1. The van der Waals surface area contributed by atoms with Crippen LogP contribution >= 0.6 is 0 Å². The fourth-order valence-corrected chi connectivity index (χ4v) is 6.63. The molecular weight excluding hydrogens is 673 g/mol. The highest BCUT2D eigenvalue weighted by Crippen LogP contribution is 2.33. The maximum Gasteiger partial charge on any atom is 0.164 e. The molecule has 7 aromatic carbocycles. The molecule has 0 aliphatic carbocycles. The summed E-state index contributed by atoms with van der Waals surface area (Å²) in [6.07, 6.45) is 0. The van der Waals surface area contributed by atoms with Gasteiger partial charge in [0.25, 0.3) is 0 Å². The molecule has 0 unspecified atom stereocenters. The van der Waals surface area contributed by atoms with Crippen LogP contribution in [0.3, 0.4) is 0 Å². The standard InChI is InChI=1S/C49H34N6/c1-33-25-26-42(49-54-46(38-21-12-5-13-22-38)51-47(55-49)39-29-27-35(28-30-39)34-15-6-2-7-16-34)32-43(33)40-23-14-24-41(31-40)48-52-44(36-17-8-3-9-18-36)50-45(53-48)37-19-10-4-11-20-37/h2-32H,1H3. The minimum absolute atomic E-state index is 0.603. The number of hydrogen-bond donors (Lipinski definition) is 0. The molecule has 6 nitrogen and oxygen atoms in total. The number of aromatic nitrogens is 6. The zero-order chi connectivity index (χ0) is 37.0. The van der Waals surface area contributed by atoms with Crippen molar-refractivity contribution in [3.63, 3.8) is 0 Å². The first-order valence-electron chi connectivity index (χ1n) is 18.2. The molecule has 0 radical (unpaired) electrons. The summed E-state index contributed by atoms with van der Waals surface area (Å²) >= 11 is 0. The summed E-state index contributed by atoms with van der Waals surface area (Å²) in [6, 6.07) is 63.6. The molecule has 0 atom stereocenters. The van der Waals surface area contributed by atoms with E-state index in [9.17, 15) is 0 Å². The molecule has 0 spiro atoms. The van der Waals surface area contributed by atoms with Gasteiger partial charge in [-0.25, -0.2) is 29.9 Å². The zero-order valence-corrected chi connectivity index (χ0v) is 30.1. The summed E-state index contributed by atoms with van der Waals surface area (Å²) < 4.78 is 0. The Morgan fingerprint density at radius 3 is 0.982 bits per heavy atom. The van der Waals surface area contributed by atoms with E-state index in [-0.39, 0.29) is 0 Å². The van der Waals surface area contributed by atoms with Crippen LogP contribution in [0.4, 0.5) is 0 Å². The van der Waals surface area contributed by atoms with Gasteiger partial charge in [-0.15, -0.1) is 0 Å². The highest BCUT2D eigenvalue weighted by atomic mass is 15.0. The van der Waals surface area contributed by atoms with Crippen molar-refractivity contribution in [1.82, 2.24) is 29.9 Å². The van der Waals surface area contributed by atoms with E-state index in [0.29, 0.717) is 34.9 Å². The Kier molecular flexibility index (Phi) is 9.04. The first-order chi connectivity index (χ1) is 27.1. The van der Waals surface area contributed by atoms with E-state index in [1.165, 1.54) is 0 Å². The van der Waals surface area contributed by atoms with Crippen LogP contribution in [-0.2, 0) is 0 Å². The molecule has 9 aromatic rings. The fraction of sp³-hybridized carbons (Fsp3) is 0.0204. The lowest BCUT2D eigenvalue weighted by Gasteiger charge is -2.13. The van der Waals surface area contributed by atoms with Crippen molar-refractivity contribution in [1.29, 1.82) is 0 Å². The van der Waals surface area contributed by atoms with E-state index >= 15 is 0 Å². The number of nitrogens with zero attached hydrogens (tertiary/aromatic N) is 6. The Bertz CT molecular complexity index is 2680. The monoisotopic (exact) mass is 706 g/mol. The quantitative estimate of drug-likeness (QED) is 0.157. The van der Waals surface area contributed by atoms with Crippen LogP contribution in [0.1, 0.15) is 5.56 Å². The smallest absolute Gasteiger partial charge is 0.164 e. The Balaban J connectivity index is 1.12. The van der Waals surface area contributed by atoms with Crippen molar-refractivity contribution in [2.45, 2.75) is 6.92 Å². The van der Waals surface area contributed by atoms with Crippen molar-refractivity contribution < 1.29 is 0 Å².